The Hall–Kier alpha value is -1.33. The monoisotopic (exact) mass is 390 g/mol. The van der Waals surface area contributed by atoms with Gasteiger partial charge in [0.15, 0.2) is 0 Å². The van der Waals surface area contributed by atoms with Crippen LogP contribution >= 0.6 is 0 Å². The van der Waals surface area contributed by atoms with E-state index in [2.05, 4.69) is 43.0 Å². The molecule has 2 N–H and O–H groups in total. The van der Waals surface area contributed by atoms with Gasteiger partial charge in [0.1, 0.15) is 9.84 Å². The van der Waals surface area contributed by atoms with E-state index < -0.39 is 9.84 Å². The van der Waals surface area contributed by atoms with Gasteiger partial charge >= 0.3 is 0 Å². The van der Waals surface area contributed by atoms with Gasteiger partial charge in [-0.3, -0.25) is 0 Å². The molecular formula is C22H34N2O2S. The molecule has 1 heterocycles. The normalized spacial score (nSPS) is 21.8. The first-order chi connectivity index (χ1) is 12.6. The van der Waals surface area contributed by atoms with Crippen molar-refractivity contribution in [1.29, 1.82) is 0 Å². The van der Waals surface area contributed by atoms with E-state index in [9.17, 15) is 8.42 Å². The van der Waals surface area contributed by atoms with Crippen LogP contribution in [0.4, 0.5) is 5.69 Å². The molecule has 1 aliphatic carbocycles. The molecule has 4 nitrogen and oxygen atoms in total. The molecule has 2 aliphatic rings. The van der Waals surface area contributed by atoms with Crippen molar-refractivity contribution in [2.24, 2.45) is 5.41 Å². The Kier molecular flexibility index (Phi) is 6.02. The summed E-state index contributed by atoms with van der Waals surface area (Å²) in [4.78, 5) is 2.28. The van der Waals surface area contributed by atoms with Gasteiger partial charge in [-0.15, -0.1) is 0 Å². The third kappa shape index (κ3) is 5.58. The molecule has 27 heavy (non-hydrogen) atoms. The minimum atomic E-state index is -2.88. The minimum absolute atomic E-state index is 0.258. The first-order valence-electron chi connectivity index (χ1n) is 10.1. The number of hydrogen-bond acceptors (Lipinski definition) is 4. The van der Waals surface area contributed by atoms with E-state index in [0.717, 1.165) is 44.5 Å². The van der Waals surface area contributed by atoms with Crippen LogP contribution in [0.2, 0.25) is 0 Å². The van der Waals surface area contributed by atoms with Gasteiger partial charge in [-0.2, -0.15) is 0 Å². The zero-order valence-corrected chi connectivity index (χ0v) is 17.8. The smallest absolute Gasteiger partial charge is 0.148 e. The zero-order valence-electron chi connectivity index (χ0n) is 17.0. The van der Waals surface area contributed by atoms with Gasteiger partial charge in [0.2, 0.25) is 0 Å². The number of nitrogens with zero attached hydrogens (tertiary/aromatic N) is 1. The Labute approximate surface area is 164 Å². The predicted octanol–water partition coefficient (Wildman–Crippen LogP) is 4.09. The Morgan fingerprint density at radius 3 is 2.52 bits per heavy atom. The lowest BCUT2D eigenvalue weighted by Crippen LogP contribution is -2.36. The number of allylic oxidation sites excluding steroid dienone is 2. The summed E-state index contributed by atoms with van der Waals surface area (Å²) in [6.07, 6.45) is 9.29. The maximum atomic E-state index is 11.4. The van der Waals surface area contributed by atoms with Crippen molar-refractivity contribution in [3.63, 3.8) is 0 Å². The molecule has 150 valence electrons. The summed E-state index contributed by atoms with van der Waals surface area (Å²) in [5, 5.41) is 0. The molecule has 1 saturated heterocycles. The molecule has 1 aromatic rings. The third-order valence-electron chi connectivity index (χ3n) is 6.23. The predicted molar refractivity (Wildman–Crippen MR) is 115 cm³/mol. The summed E-state index contributed by atoms with van der Waals surface area (Å²) < 4.78 is 22.8. The van der Waals surface area contributed by atoms with Crippen LogP contribution in [0.3, 0.4) is 0 Å². The van der Waals surface area contributed by atoms with Crippen molar-refractivity contribution >= 4 is 21.1 Å². The van der Waals surface area contributed by atoms with Crippen molar-refractivity contribution in [3.8, 4) is 0 Å². The SMILES string of the molecule is CC1(C)CC=C(c2cc(C3CCN(CCS(C)(=O)=O)CC3)ccc2N)CC1. The fourth-order valence-corrected chi connectivity index (χ4v) is 4.80. The molecule has 3 rings (SSSR count). The van der Waals surface area contributed by atoms with E-state index in [1.165, 1.54) is 29.4 Å². The fourth-order valence-electron chi connectivity index (χ4n) is 4.21. The first kappa shape index (κ1) is 20.4. The summed E-state index contributed by atoms with van der Waals surface area (Å²) >= 11 is 0. The van der Waals surface area contributed by atoms with Crippen LogP contribution < -0.4 is 5.73 Å². The second kappa shape index (κ2) is 7.96. The number of hydrogen-bond donors (Lipinski definition) is 1. The summed E-state index contributed by atoms with van der Waals surface area (Å²) in [6.45, 7) is 7.25. The van der Waals surface area contributed by atoms with Gasteiger partial charge in [-0.05, 0) is 79.8 Å². The van der Waals surface area contributed by atoms with Crippen LogP contribution in [0.25, 0.3) is 5.57 Å². The van der Waals surface area contributed by atoms with Gasteiger partial charge < -0.3 is 10.6 Å². The minimum Gasteiger partial charge on any atom is -0.398 e. The van der Waals surface area contributed by atoms with Crippen LogP contribution in [-0.2, 0) is 9.84 Å². The highest BCUT2D eigenvalue weighted by atomic mass is 32.2. The second-order valence-electron chi connectivity index (χ2n) is 9.19. The summed E-state index contributed by atoms with van der Waals surface area (Å²) in [5.74, 6) is 0.799. The molecule has 0 saturated carbocycles. The lowest BCUT2D eigenvalue weighted by molar-refractivity contribution is 0.223. The van der Waals surface area contributed by atoms with Crippen molar-refractivity contribution in [3.05, 3.63) is 35.4 Å². The Bertz CT molecular complexity index is 804. The maximum absolute atomic E-state index is 11.4. The van der Waals surface area contributed by atoms with Crippen molar-refractivity contribution < 1.29 is 8.42 Å². The Morgan fingerprint density at radius 2 is 1.93 bits per heavy atom. The Balaban J connectivity index is 1.66. The number of likely N-dealkylation sites (tertiary alicyclic amines) is 1. The lowest BCUT2D eigenvalue weighted by atomic mass is 9.76. The molecule has 0 unspecified atom stereocenters. The van der Waals surface area contributed by atoms with E-state index in [4.69, 9.17) is 5.73 Å². The average molecular weight is 391 g/mol. The number of sulfone groups is 1. The molecule has 1 aliphatic heterocycles. The maximum Gasteiger partial charge on any atom is 0.148 e. The Morgan fingerprint density at radius 1 is 1.22 bits per heavy atom. The molecule has 0 amide bonds. The molecule has 0 aromatic heterocycles. The summed E-state index contributed by atoms with van der Waals surface area (Å²) in [7, 11) is -2.88. The van der Waals surface area contributed by atoms with Gasteiger partial charge in [-0.25, -0.2) is 8.42 Å². The van der Waals surface area contributed by atoms with E-state index >= 15 is 0 Å². The molecule has 1 fully saturated rings. The molecule has 0 atom stereocenters. The quantitative estimate of drug-likeness (QED) is 0.769. The fraction of sp³-hybridized carbons (Fsp3) is 0.636. The first-order valence-corrected chi connectivity index (χ1v) is 12.2. The zero-order chi connectivity index (χ0) is 19.7. The van der Waals surface area contributed by atoms with Crippen LogP contribution in [0.1, 0.15) is 63.0 Å². The van der Waals surface area contributed by atoms with Gasteiger partial charge in [0.05, 0.1) is 5.75 Å². The third-order valence-corrected chi connectivity index (χ3v) is 7.16. The van der Waals surface area contributed by atoms with E-state index in [-0.39, 0.29) is 5.75 Å². The number of piperidine rings is 1. The molecule has 0 bridgehead atoms. The summed E-state index contributed by atoms with van der Waals surface area (Å²) in [6, 6.07) is 6.57. The highest BCUT2D eigenvalue weighted by molar-refractivity contribution is 7.90. The van der Waals surface area contributed by atoms with E-state index in [1.807, 2.05) is 0 Å². The van der Waals surface area contributed by atoms with Crippen LogP contribution in [0.5, 0.6) is 0 Å². The highest BCUT2D eigenvalue weighted by Crippen LogP contribution is 2.40. The van der Waals surface area contributed by atoms with Gasteiger partial charge in [0, 0.05) is 24.1 Å². The van der Waals surface area contributed by atoms with Gasteiger partial charge in [0.25, 0.3) is 0 Å². The van der Waals surface area contributed by atoms with Crippen LogP contribution in [0.15, 0.2) is 24.3 Å². The number of benzene rings is 1. The number of nitrogens with two attached hydrogens (primary N) is 1. The molecule has 1 aromatic carbocycles. The van der Waals surface area contributed by atoms with E-state index in [0.29, 0.717) is 17.9 Å². The van der Waals surface area contributed by atoms with Crippen molar-refractivity contribution in [2.75, 3.05) is 37.4 Å². The lowest BCUT2D eigenvalue weighted by Gasteiger charge is -2.33. The van der Waals surface area contributed by atoms with Crippen molar-refractivity contribution in [2.45, 2.75) is 51.9 Å². The highest BCUT2D eigenvalue weighted by Gasteiger charge is 2.25. The van der Waals surface area contributed by atoms with Crippen LogP contribution in [0, 0.1) is 5.41 Å². The van der Waals surface area contributed by atoms with E-state index in [1.54, 1.807) is 0 Å². The molecule has 5 heteroatoms. The molecular weight excluding hydrogens is 356 g/mol. The second-order valence-corrected chi connectivity index (χ2v) is 11.4. The molecule has 0 spiro atoms. The largest absolute Gasteiger partial charge is 0.398 e. The average Bonchev–Trinajstić information content (AvgIpc) is 2.61. The molecule has 0 radical (unpaired) electrons. The standard InChI is InChI=1S/C22H34N2O2S/c1-22(2)10-6-18(7-11-22)20-16-19(4-5-21(20)23)17-8-12-24(13-9-17)14-15-27(3,25)26/h4-6,16-17H,7-15,23H2,1-3H3. The summed E-state index contributed by atoms with van der Waals surface area (Å²) in [5.41, 5.74) is 11.6. The van der Waals surface area contributed by atoms with Crippen LogP contribution in [-0.4, -0.2) is 45.0 Å². The van der Waals surface area contributed by atoms with Gasteiger partial charge in [-0.1, -0.05) is 26.0 Å². The topological polar surface area (TPSA) is 63.4 Å². The number of anilines is 1. The number of nitrogen functional groups attached to an aromatic ring is 1. The number of rotatable bonds is 5. The van der Waals surface area contributed by atoms with Crippen molar-refractivity contribution in [1.82, 2.24) is 4.90 Å².